The summed E-state index contributed by atoms with van der Waals surface area (Å²) < 4.78 is 6.30. The minimum Gasteiger partial charge on any atom is -0.383 e. The van der Waals surface area contributed by atoms with Crippen LogP contribution in [0.25, 0.3) is 0 Å². The van der Waals surface area contributed by atoms with Crippen LogP contribution in [0.2, 0.25) is 0 Å². The van der Waals surface area contributed by atoms with Gasteiger partial charge in [-0.05, 0) is 36.0 Å². The maximum absolute atomic E-state index is 5.14. The van der Waals surface area contributed by atoms with Crippen molar-refractivity contribution < 1.29 is 4.74 Å². The summed E-state index contributed by atoms with van der Waals surface area (Å²) in [6, 6.07) is 8.92. The molecule has 118 valence electrons. The van der Waals surface area contributed by atoms with Gasteiger partial charge in [-0.3, -0.25) is 0 Å². The van der Waals surface area contributed by atoms with Crippen LogP contribution < -0.4 is 5.32 Å². The van der Waals surface area contributed by atoms with Crippen LogP contribution in [0.4, 0.5) is 0 Å². The van der Waals surface area contributed by atoms with Gasteiger partial charge >= 0.3 is 0 Å². The van der Waals surface area contributed by atoms with Crippen molar-refractivity contribution in [3.8, 4) is 0 Å². The molecule has 1 N–H and O–H groups in total. The molecule has 1 saturated carbocycles. The highest BCUT2D eigenvalue weighted by atomic mass is 79.9. The minimum absolute atomic E-state index is 0.306. The molecule has 1 fully saturated rings. The second kappa shape index (κ2) is 7.26. The van der Waals surface area contributed by atoms with E-state index in [4.69, 9.17) is 4.74 Å². The fourth-order valence-electron chi connectivity index (χ4n) is 3.87. The normalized spacial score (nSPS) is 19.2. The van der Waals surface area contributed by atoms with Crippen LogP contribution >= 0.6 is 15.9 Å². The average molecular weight is 354 g/mol. The van der Waals surface area contributed by atoms with E-state index in [1.54, 1.807) is 7.11 Å². The Balaban J connectivity index is 2.10. The van der Waals surface area contributed by atoms with Crippen LogP contribution in [0.5, 0.6) is 0 Å². The first kappa shape index (κ1) is 17.0. The minimum atomic E-state index is 0.306. The fraction of sp³-hybridized carbons (Fsp3) is 0.667. The highest BCUT2D eigenvalue weighted by molar-refractivity contribution is 9.10. The second-order valence-corrected chi connectivity index (χ2v) is 7.43. The molecule has 3 heteroatoms. The number of benzene rings is 1. The second-order valence-electron chi connectivity index (χ2n) is 6.52. The van der Waals surface area contributed by atoms with Crippen molar-refractivity contribution in [2.75, 3.05) is 26.8 Å². The summed E-state index contributed by atoms with van der Waals surface area (Å²) >= 11 is 3.54. The van der Waals surface area contributed by atoms with Gasteiger partial charge in [0.25, 0.3) is 0 Å². The number of nitrogens with one attached hydrogen (secondary N) is 1. The van der Waals surface area contributed by atoms with E-state index in [0.29, 0.717) is 10.8 Å². The quantitative estimate of drug-likeness (QED) is 0.693. The number of methoxy groups -OCH3 is 1. The molecular formula is C18H28BrNO. The van der Waals surface area contributed by atoms with Crippen LogP contribution in [-0.2, 0) is 10.2 Å². The Labute approximate surface area is 137 Å². The third kappa shape index (κ3) is 3.69. The smallest absolute Gasteiger partial charge is 0.0587 e. The van der Waals surface area contributed by atoms with E-state index < -0.39 is 0 Å². The first-order valence-electron chi connectivity index (χ1n) is 8.05. The topological polar surface area (TPSA) is 21.3 Å². The number of ether oxygens (including phenoxy) is 1. The molecule has 1 aromatic rings. The largest absolute Gasteiger partial charge is 0.383 e. The molecule has 1 aromatic carbocycles. The summed E-state index contributed by atoms with van der Waals surface area (Å²) in [5.41, 5.74) is 2.34. The van der Waals surface area contributed by atoms with E-state index in [2.05, 4.69) is 59.4 Å². The first-order chi connectivity index (χ1) is 10.1. The van der Waals surface area contributed by atoms with Gasteiger partial charge < -0.3 is 10.1 Å². The summed E-state index contributed by atoms with van der Waals surface area (Å²) in [7, 11) is 1.76. The van der Waals surface area contributed by atoms with Crippen molar-refractivity contribution >= 4 is 15.9 Å². The Morgan fingerprint density at radius 1 is 1.14 bits per heavy atom. The Morgan fingerprint density at radius 2 is 1.76 bits per heavy atom. The van der Waals surface area contributed by atoms with E-state index in [1.807, 2.05) is 0 Å². The summed E-state index contributed by atoms with van der Waals surface area (Å²) in [6.45, 7) is 7.45. The summed E-state index contributed by atoms with van der Waals surface area (Å²) in [6.07, 6.45) is 5.18. The van der Waals surface area contributed by atoms with Crippen molar-refractivity contribution in [2.45, 2.75) is 44.9 Å². The average Bonchev–Trinajstić information content (AvgIpc) is 2.47. The van der Waals surface area contributed by atoms with Crippen LogP contribution in [-0.4, -0.2) is 26.8 Å². The molecule has 0 unspecified atom stereocenters. The molecule has 21 heavy (non-hydrogen) atoms. The molecule has 0 spiro atoms. The van der Waals surface area contributed by atoms with E-state index in [0.717, 1.165) is 24.2 Å². The fourth-order valence-corrected chi connectivity index (χ4v) is 4.13. The van der Waals surface area contributed by atoms with Crippen molar-refractivity contribution in [1.82, 2.24) is 5.32 Å². The van der Waals surface area contributed by atoms with Gasteiger partial charge in [0.15, 0.2) is 0 Å². The van der Waals surface area contributed by atoms with Gasteiger partial charge in [0.1, 0.15) is 0 Å². The van der Waals surface area contributed by atoms with Crippen LogP contribution in [0.1, 0.15) is 45.1 Å². The SMILES string of the molecule is CCC1(CC)CC(CNCCOC)(c2ccc(Br)cc2)C1. The molecule has 0 aliphatic heterocycles. The zero-order valence-electron chi connectivity index (χ0n) is 13.5. The van der Waals surface area contributed by atoms with Gasteiger partial charge in [-0.1, -0.05) is 54.8 Å². The predicted molar refractivity (Wildman–Crippen MR) is 92.8 cm³/mol. The van der Waals surface area contributed by atoms with E-state index in [9.17, 15) is 0 Å². The van der Waals surface area contributed by atoms with Gasteiger partial charge in [0.05, 0.1) is 6.61 Å². The van der Waals surface area contributed by atoms with E-state index in [-0.39, 0.29) is 0 Å². The third-order valence-electron chi connectivity index (χ3n) is 5.33. The Hall–Kier alpha value is -0.380. The number of rotatable bonds is 8. The molecule has 2 rings (SSSR count). The lowest BCUT2D eigenvalue weighted by Gasteiger charge is -2.57. The molecule has 0 radical (unpaired) electrons. The monoisotopic (exact) mass is 353 g/mol. The molecule has 0 heterocycles. The molecule has 0 bridgehead atoms. The van der Waals surface area contributed by atoms with Crippen molar-refractivity contribution in [1.29, 1.82) is 0 Å². The molecule has 2 nitrogen and oxygen atoms in total. The lowest BCUT2D eigenvalue weighted by molar-refractivity contribution is 0.0121. The Kier molecular flexibility index (Phi) is 5.87. The number of hydrogen-bond donors (Lipinski definition) is 1. The summed E-state index contributed by atoms with van der Waals surface area (Å²) in [5.74, 6) is 0. The summed E-state index contributed by atoms with van der Waals surface area (Å²) in [4.78, 5) is 0. The highest BCUT2D eigenvalue weighted by Gasteiger charge is 2.52. The Bertz CT molecular complexity index is 431. The lowest BCUT2D eigenvalue weighted by Crippen LogP contribution is -2.54. The van der Waals surface area contributed by atoms with Gasteiger partial charge in [0, 0.05) is 30.1 Å². The molecule has 0 saturated heterocycles. The highest BCUT2D eigenvalue weighted by Crippen LogP contribution is 2.59. The molecule has 1 aliphatic carbocycles. The van der Waals surface area contributed by atoms with E-state index in [1.165, 1.54) is 31.2 Å². The van der Waals surface area contributed by atoms with Crippen LogP contribution in [0, 0.1) is 5.41 Å². The zero-order chi connectivity index (χ0) is 15.3. The first-order valence-corrected chi connectivity index (χ1v) is 8.85. The van der Waals surface area contributed by atoms with Crippen molar-refractivity contribution in [2.24, 2.45) is 5.41 Å². The maximum Gasteiger partial charge on any atom is 0.0587 e. The van der Waals surface area contributed by atoms with Gasteiger partial charge in [-0.25, -0.2) is 0 Å². The van der Waals surface area contributed by atoms with Crippen molar-refractivity contribution in [3.05, 3.63) is 34.3 Å². The van der Waals surface area contributed by atoms with Gasteiger partial charge in [0.2, 0.25) is 0 Å². The van der Waals surface area contributed by atoms with Crippen LogP contribution in [0.3, 0.4) is 0 Å². The summed E-state index contributed by atoms with van der Waals surface area (Å²) in [5, 5.41) is 3.59. The molecular weight excluding hydrogens is 326 g/mol. The Morgan fingerprint density at radius 3 is 2.29 bits per heavy atom. The van der Waals surface area contributed by atoms with Gasteiger partial charge in [-0.2, -0.15) is 0 Å². The zero-order valence-corrected chi connectivity index (χ0v) is 15.1. The number of halogens is 1. The number of hydrogen-bond acceptors (Lipinski definition) is 2. The third-order valence-corrected chi connectivity index (χ3v) is 5.86. The maximum atomic E-state index is 5.14. The standard InChI is InChI=1S/C18H28BrNO/c1-4-17(5-2)12-18(13-17,14-20-10-11-21-3)15-6-8-16(19)9-7-15/h6-9,20H,4-5,10-14H2,1-3H3. The predicted octanol–water partition coefficient (Wildman–Crippen LogP) is 4.52. The van der Waals surface area contributed by atoms with Crippen LogP contribution in [0.15, 0.2) is 28.7 Å². The molecule has 1 aliphatic rings. The lowest BCUT2D eigenvalue weighted by atomic mass is 9.48. The molecule has 0 atom stereocenters. The van der Waals surface area contributed by atoms with Gasteiger partial charge in [-0.15, -0.1) is 0 Å². The van der Waals surface area contributed by atoms with Crippen molar-refractivity contribution in [3.63, 3.8) is 0 Å². The molecule has 0 aromatic heterocycles. The molecule has 0 amide bonds. The van der Waals surface area contributed by atoms with E-state index >= 15 is 0 Å².